The fourth-order valence-electron chi connectivity index (χ4n) is 2.36. The van der Waals surface area contributed by atoms with E-state index in [1.807, 2.05) is 29.8 Å². The summed E-state index contributed by atoms with van der Waals surface area (Å²) in [4.78, 5) is 12.5. The summed E-state index contributed by atoms with van der Waals surface area (Å²) >= 11 is 1.57. The van der Waals surface area contributed by atoms with Crippen LogP contribution in [0.3, 0.4) is 0 Å². The zero-order chi connectivity index (χ0) is 19.4. The van der Waals surface area contributed by atoms with Crippen molar-refractivity contribution in [1.29, 1.82) is 0 Å². The first-order chi connectivity index (χ1) is 13.0. The summed E-state index contributed by atoms with van der Waals surface area (Å²) in [5, 5.41) is 8.48. The van der Waals surface area contributed by atoms with E-state index in [0.717, 1.165) is 20.6 Å². The summed E-state index contributed by atoms with van der Waals surface area (Å²) in [7, 11) is 3.47. The highest BCUT2D eigenvalue weighted by Gasteiger charge is 2.11. The number of hydrogen-bond acceptors (Lipinski definition) is 6. The lowest BCUT2D eigenvalue weighted by molar-refractivity contribution is -0.130. The SMILES string of the molecule is C=C(C)C(=O)Oc1ccc(/C=N/N=c2/sc3ccccc3n2C)cc1OC. The number of aromatic nitrogens is 1. The van der Waals surface area contributed by atoms with Gasteiger partial charge in [0, 0.05) is 12.6 Å². The van der Waals surface area contributed by atoms with Crippen molar-refractivity contribution in [1.82, 2.24) is 4.57 Å². The van der Waals surface area contributed by atoms with Crippen LogP contribution in [0.2, 0.25) is 0 Å². The predicted molar refractivity (Wildman–Crippen MR) is 107 cm³/mol. The Morgan fingerprint density at radius 2 is 2.00 bits per heavy atom. The molecule has 0 atom stereocenters. The Hall–Kier alpha value is -3.19. The number of esters is 1. The van der Waals surface area contributed by atoms with Gasteiger partial charge in [-0.3, -0.25) is 0 Å². The first-order valence-corrected chi connectivity index (χ1v) is 8.98. The van der Waals surface area contributed by atoms with E-state index in [1.54, 1.807) is 42.7 Å². The third-order valence-electron chi connectivity index (χ3n) is 3.80. The third kappa shape index (κ3) is 4.15. The average molecular weight is 381 g/mol. The van der Waals surface area contributed by atoms with Gasteiger partial charge in [0.1, 0.15) is 0 Å². The Labute approximate surface area is 160 Å². The summed E-state index contributed by atoms with van der Waals surface area (Å²) in [6.45, 7) is 5.16. The second kappa shape index (κ2) is 8.01. The van der Waals surface area contributed by atoms with Crippen LogP contribution in [0, 0.1) is 0 Å². The number of carbonyl (C=O) groups excluding carboxylic acids is 1. The number of thiazole rings is 1. The van der Waals surface area contributed by atoms with E-state index >= 15 is 0 Å². The minimum atomic E-state index is -0.498. The molecule has 1 aromatic heterocycles. The molecule has 3 rings (SSSR count). The van der Waals surface area contributed by atoms with Crippen LogP contribution in [0.1, 0.15) is 12.5 Å². The fraction of sp³-hybridized carbons (Fsp3) is 0.150. The molecule has 138 valence electrons. The molecule has 0 saturated carbocycles. The molecule has 0 amide bonds. The second-order valence-electron chi connectivity index (χ2n) is 5.84. The summed E-state index contributed by atoms with van der Waals surface area (Å²) in [5.74, 6) is 0.262. The van der Waals surface area contributed by atoms with Gasteiger partial charge in [0.15, 0.2) is 11.5 Å². The Morgan fingerprint density at radius 3 is 2.70 bits per heavy atom. The van der Waals surface area contributed by atoms with Crippen LogP contribution < -0.4 is 14.3 Å². The van der Waals surface area contributed by atoms with Gasteiger partial charge in [0.2, 0.25) is 4.80 Å². The molecule has 0 fully saturated rings. The van der Waals surface area contributed by atoms with Crippen molar-refractivity contribution in [3.05, 3.63) is 65.0 Å². The van der Waals surface area contributed by atoms with E-state index in [2.05, 4.69) is 22.8 Å². The Morgan fingerprint density at radius 1 is 1.22 bits per heavy atom. The van der Waals surface area contributed by atoms with Crippen molar-refractivity contribution in [3.63, 3.8) is 0 Å². The van der Waals surface area contributed by atoms with Crippen LogP contribution in [0.15, 0.2) is 64.8 Å². The van der Waals surface area contributed by atoms with Crippen LogP contribution in [0.5, 0.6) is 11.5 Å². The second-order valence-corrected chi connectivity index (χ2v) is 6.85. The highest BCUT2D eigenvalue weighted by molar-refractivity contribution is 7.16. The molecule has 6 nitrogen and oxygen atoms in total. The summed E-state index contributed by atoms with van der Waals surface area (Å²) in [6.07, 6.45) is 1.62. The van der Waals surface area contributed by atoms with Gasteiger partial charge in [0.05, 0.1) is 23.5 Å². The molecule has 0 N–H and O–H groups in total. The molecule has 0 aliphatic rings. The van der Waals surface area contributed by atoms with Gasteiger partial charge >= 0.3 is 5.97 Å². The molecule has 0 radical (unpaired) electrons. The van der Waals surface area contributed by atoms with Gasteiger partial charge < -0.3 is 14.0 Å². The molecule has 0 bridgehead atoms. The standard InChI is InChI=1S/C20H19N3O3S/c1-13(2)19(24)26-16-10-9-14(11-17(16)25-4)12-21-22-20-23(3)15-7-5-6-8-18(15)27-20/h5-12H,1H2,2-4H3/b21-12+,22-20+. The summed E-state index contributed by atoms with van der Waals surface area (Å²) in [5.41, 5.74) is 2.20. The van der Waals surface area contributed by atoms with E-state index in [-0.39, 0.29) is 0 Å². The first kappa shape index (κ1) is 18.6. The van der Waals surface area contributed by atoms with Crippen molar-refractivity contribution in [2.75, 3.05) is 7.11 Å². The highest BCUT2D eigenvalue weighted by atomic mass is 32.1. The fourth-order valence-corrected chi connectivity index (χ4v) is 3.33. The number of nitrogens with zero attached hydrogens (tertiary/aromatic N) is 3. The molecule has 3 aromatic rings. The molecule has 0 saturated heterocycles. The molecular formula is C20H19N3O3S. The quantitative estimate of drug-likeness (QED) is 0.223. The number of benzene rings is 2. The van der Waals surface area contributed by atoms with E-state index in [4.69, 9.17) is 9.47 Å². The van der Waals surface area contributed by atoms with E-state index < -0.39 is 5.97 Å². The van der Waals surface area contributed by atoms with E-state index in [9.17, 15) is 4.79 Å². The zero-order valence-electron chi connectivity index (χ0n) is 15.3. The van der Waals surface area contributed by atoms with Crippen LogP contribution in [0.4, 0.5) is 0 Å². The van der Waals surface area contributed by atoms with Gasteiger partial charge in [-0.25, -0.2) is 4.79 Å². The molecule has 0 spiro atoms. The lowest BCUT2D eigenvalue weighted by Gasteiger charge is -2.09. The first-order valence-electron chi connectivity index (χ1n) is 8.17. The van der Waals surface area contributed by atoms with E-state index in [0.29, 0.717) is 17.1 Å². The number of rotatable bonds is 5. The molecule has 0 aliphatic carbocycles. The Bertz CT molecular complexity index is 1110. The number of para-hydroxylation sites is 1. The van der Waals surface area contributed by atoms with Gasteiger partial charge in [-0.2, -0.15) is 5.10 Å². The summed E-state index contributed by atoms with van der Waals surface area (Å²) in [6, 6.07) is 13.2. The van der Waals surface area contributed by atoms with Crippen LogP contribution in [-0.2, 0) is 11.8 Å². The van der Waals surface area contributed by atoms with Crippen LogP contribution in [0.25, 0.3) is 10.2 Å². The minimum Gasteiger partial charge on any atom is -0.493 e. The molecule has 2 aromatic carbocycles. The maximum atomic E-state index is 11.7. The molecule has 1 heterocycles. The lowest BCUT2D eigenvalue weighted by atomic mass is 10.2. The monoisotopic (exact) mass is 381 g/mol. The normalized spacial score (nSPS) is 11.9. The molecule has 27 heavy (non-hydrogen) atoms. The van der Waals surface area contributed by atoms with Crippen LogP contribution in [-0.4, -0.2) is 23.9 Å². The Balaban J connectivity index is 1.85. The molecular weight excluding hydrogens is 362 g/mol. The number of aryl methyl sites for hydroxylation is 1. The number of ether oxygens (including phenoxy) is 2. The maximum Gasteiger partial charge on any atom is 0.338 e. The van der Waals surface area contributed by atoms with Gasteiger partial charge in [-0.15, -0.1) is 5.10 Å². The minimum absolute atomic E-state index is 0.317. The number of carbonyl (C=O) groups is 1. The highest BCUT2D eigenvalue weighted by Crippen LogP contribution is 2.28. The van der Waals surface area contributed by atoms with Crippen molar-refractivity contribution in [2.24, 2.45) is 17.3 Å². The van der Waals surface area contributed by atoms with Crippen molar-refractivity contribution in [3.8, 4) is 11.5 Å². The lowest BCUT2D eigenvalue weighted by Crippen LogP contribution is -2.09. The van der Waals surface area contributed by atoms with Crippen molar-refractivity contribution < 1.29 is 14.3 Å². The predicted octanol–water partition coefficient (Wildman–Crippen LogP) is 3.66. The Kier molecular flexibility index (Phi) is 5.52. The molecule has 0 aliphatic heterocycles. The van der Waals surface area contributed by atoms with Crippen molar-refractivity contribution >= 4 is 33.7 Å². The third-order valence-corrected chi connectivity index (χ3v) is 4.91. The van der Waals surface area contributed by atoms with Crippen LogP contribution >= 0.6 is 11.3 Å². The van der Waals surface area contributed by atoms with Gasteiger partial charge in [0.25, 0.3) is 0 Å². The maximum absolute atomic E-state index is 11.7. The number of methoxy groups -OCH3 is 1. The smallest absolute Gasteiger partial charge is 0.338 e. The zero-order valence-corrected chi connectivity index (χ0v) is 16.1. The molecule has 7 heteroatoms. The number of fused-ring (bicyclic) bond motifs is 1. The average Bonchev–Trinajstić information content (AvgIpc) is 2.99. The topological polar surface area (TPSA) is 65.2 Å². The van der Waals surface area contributed by atoms with Crippen molar-refractivity contribution in [2.45, 2.75) is 6.92 Å². The molecule has 0 unspecified atom stereocenters. The largest absolute Gasteiger partial charge is 0.493 e. The summed E-state index contributed by atoms with van der Waals surface area (Å²) < 4.78 is 13.7. The van der Waals surface area contributed by atoms with Gasteiger partial charge in [-0.1, -0.05) is 30.0 Å². The van der Waals surface area contributed by atoms with E-state index in [1.165, 1.54) is 7.11 Å². The number of hydrogen-bond donors (Lipinski definition) is 0. The van der Waals surface area contributed by atoms with Gasteiger partial charge in [-0.05, 0) is 42.8 Å².